The molecule has 0 aromatic carbocycles. The Balaban J connectivity index is 2.27. The van der Waals surface area contributed by atoms with E-state index in [-0.39, 0.29) is 32.5 Å². The molecule has 0 spiro atoms. The highest BCUT2D eigenvalue weighted by Crippen LogP contribution is 2.13. The van der Waals surface area contributed by atoms with E-state index in [4.69, 9.17) is 21.4 Å². The summed E-state index contributed by atoms with van der Waals surface area (Å²) in [6, 6.07) is 0. The summed E-state index contributed by atoms with van der Waals surface area (Å²) in [5, 5.41) is 19.0. The number of thiazole rings is 2. The van der Waals surface area contributed by atoms with Gasteiger partial charge in [0.1, 0.15) is 12.8 Å². The van der Waals surface area contributed by atoms with Crippen molar-refractivity contribution in [1.29, 1.82) is 0 Å². The number of hydrogen-bond donors (Lipinski definition) is 5. The third-order valence-corrected chi connectivity index (χ3v) is 4.74. The molecule has 16 heteroatoms. The Morgan fingerprint density at radius 3 is 2.39 bits per heavy atom. The van der Waals surface area contributed by atoms with E-state index in [1.54, 1.807) is 0 Å². The number of aliphatic carboxylic acids is 1. The number of oxime groups is 2. The van der Waals surface area contributed by atoms with Gasteiger partial charge in [0.2, 0.25) is 5.60 Å². The van der Waals surface area contributed by atoms with E-state index in [9.17, 15) is 14.4 Å². The molecule has 0 fully saturated rings. The van der Waals surface area contributed by atoms with Gasteiger partial charge in [0.25, 0.3) is 5.82 Å². The molecule has 0 saturated carbocycles. The second-order valence-corrected chi connectivity index (χ2v) is 7.88. The van der Waals surface area contributed by atoms with Crippen LogP contribution in [0.15, 0.2) is 21.1 Å². The monoisotopic (exact) mass is 471 g/mol. The molecular formula is C15H19N8O6S2+. The van der Waals surface area contributed by atoms with Crippen LogP contribution in [0, 0.1) is 0 Å². The lowest BCUT2D eigenvalue weighted by atomic mass is 10.1. The van der Waals surface area contributed by atoms with Gasteiger partial charge in [-0.15, -0.1) is 16.3 Å². The first-order chi connectivity index (χ1) is 14.5. The standard InChI is InChI=1S/C15H18N8O6S2/c1-15(2,12(26)27)29-18-4-9(24)23(8-6-31-14(17)20-8)21-11(25)10(22-28-3)7-5-30-13(16)19-7/h4-6H,1-3H3,(H2,16,19)(H2,17,20)(H,21,25)(H,26,27)/p+1. The number of nitrogen functional groups attached to an aromatic ring is 2. The van der Waals surface area contributed by atoms with E-state index in [0.717, 1.165) is 22.7 Å². The fourth-order valence-electron chi connectivity index (χ4n) is 1.83. The van der Waals surface area contributed by atoms with Gasteiger partial charge < -0.3 is 26.2 Å². The summed E-state index contributed by atoms with van der Waals surface area (Å²) >= 11 is 2.11. The zero-order chi connectivity index (χ0) is 23.2. The molecule has 2 rings (SSSR count). The number of amides is 2. The van der Waals surface area contributed by atoms with E-state index in [0.29, 0.717) is 6.21 Å². The number of carbonyl (C=O) groups is 3. The number of anilines is 2. The van der Waals surface area contributed by atoms with Crippen molar-refractivity contribution in [3.05, 3.63) is 16.5 Å². The zero-order valence-corrected chi connectivity index (χ0v) is 18.1. The van der Waals surface area contributed by atoms with Gasteiger partial charge >= 0.3 is 17.8 Å². The van der Waals surface area contributed by atoms with Crippen LogP contribution in [-0.2, 0) is 24.1 Å². The molecule has 31 heavy (non-hydrogen) atoms. The molecule has 14 nitrogen and oxygen atoms in total. The quantitative estimate of drug-likeness (QED) is 0.228. The zero-order valence-electron chi connectivity index (χ0n) is 16.5. The summed E-state index contributed by atoms with van der Waals surface area (Å²) < 4.78 is 0. The lowest BCUT2D eigenvalue weighted by molar-refractivity contribution is -0.787. The van der Waals surface area contributed by atoms with Crippen LogP contribution in [0.25, 0.3) is 0 Å². The van der Waals surface area contributed by atoms with Gasteiger partial charge in [0.05, 0.1) is 5.38 Å². The average Bonchev–Trinajstić information content (AvgIpc) is 3.31. The Labute approximate surface area is 183 Å². The maximum absolute atomic E-state index is 12.8. The first-order valence-electron chi connectivity index (χ1n) is 8.26. The number of nitrogens with one attached hydrogen (secondary N) is 2. The number of quaternary nitrogens is 1. The summed E-state index contributed by atoms with van der Waals surface area (Å²) in [7, 11) is 1.23. The highest BCUT2D eigenvalue weighted by molar-refractivity contribution is 7.14. The number of carboxylic acids is 1. The number of carboxylic acid groups (broad SMARTS) is 1. The Morgan fingerprint density at radius 2 is 1.87 bits per heavy atom. The molecule has 0 aliphatic carbocycles. The first kappa shape index (κ1) is 23.6. The van der Waals surface area contributed by atoms with E-state index >= 15 is 0 Å². The Hall–Kier alpha value is -3.63. The molecule has 1 unspecified atom stereocenters. The van der Waals surface area contributed by atoms with Crippen molar-refractivity contribution < 1.29 is 34.2 Å². The Morgan fingerprint density at radius 1 is 1.23 bits per heavy atom. The summed E-state index contributed by atoms with van der Waals surface area (Å²) in [4.78, 5) is 54.0. The lowest BCUT2D eigenvalue weighted by Gasteiger charge is -2.16. The SMILES string of the molecule is CON=C(C(=O)N[NH+](C(=O)C=NOC(C)(C)C(=O)O)c1csc(N)n1)c1csc(N)n1. The number of rotatable bonds is 8. The van der Waals surface area contributed by atoms with Crippen LogP contribution in [-0.4, -0.2) is 57.5 Å². The maximum atomic E-state index is 12.8. The Kier molecular flexibility index (Phi) is 7.56. The minimum atomic E-state index is -1.67. The third-order valence-electron chi connectivity index (χ3n) is 3.39. The molecule has 2 amide bonds. The predicted molar refractivity (Wildman–Crippen MR) is 112 cm³/mol. The topological polar surface area (TPSA) is 209 Å². The fraction of sp³-hybridized carbons (Fsp3) is 0.267. The largest absolute Gasteiger partial charge is 0.478 e. The second-order valence-electron chi connectivity index (χ2n) is 6.10. The number of carbonyl (C=O) groups excluding carboxylic acids is 2. The normalized spacial score (nSPS) is 13.1. The molecular weight excluding hydrogens is 452 g/mol. The molecule has 2 aromatic heterocycles. The molecule has 0 saturated heterocycles. The average molecular weight is 472 g/mol. The Bertz CT molecular complexity index is 1030. The smallest absolute Gasteiger partial charge is 0.389 e. The van der Waals surface area contributed by atoms with Gasteiger partial charge in [-0.25, -0.2) is 14.6 Å². The summed E-state index contributed by atoms with van der Waals surface area (Å²) in [5.41, 5.74) is 11.8. The van der Waals surface area contributed by atoms with Crippen LogP contribution >= 0.6 is 22.7 Å². The summed E-state index contributed by atoms with van der Waals surface area (Å²) in [6.07, 6.45) is 0.698. The van der Waals surface area contributed by atoms with Crippen LogP contribution in [0.5, 0.6) is 0 Å². The first-order valence-corrected chi connectivity index (χ1v) is 10.0. The number of hydrogen-bond acceptors (Lipinski definition) is 13. The predicted octanol–water partition coefficient (Wildman–Crippen LogP) is -1.25. The van der Waals surface area contributed by atoms with Crippen LogP contribution in [0.2, 0.25) is 0 Å². The lowest BCUT2D eigenvalue weighted by Crippen LogP contribution is -3.18. The minimum Gasteiger partial charge on any atom is -0.478 e. The van der Waals surface area contributed by atoms with Crippen molar-refractivity contribution in [2.75, 3.05) is 18.6 Å². The van der Waals surface area contributed by atoms with Crippen LogP contribution < -0.4 is 21.9 Å². The van der Waals surface area contributed by atoms with E-state index in [1.165, 1.54) is 31.7 Å². The third kappa shape index (κ3) is 6.17. The number of nitrogens with zero attached hydrogens (tertiary/aromatic N) is 4. The van der Waals surface area contributed by atoms with Crippen LogP contribution in [0.1, 0.15) is 19.5 Å². The van der Waals surface area contributed by atoms with Crippen molar-refractivity contribution in [2.45, 2.75) is 19.4 Å². The van der Waals surface area contributed by atoms with Gasteiger partial charge in [-0.1, -0.05) is 21.6 Å². The molecule has 7 N–H and O–H groups in total. The molecule has 2 heterocycles. The fourth-order valence-corrected chi connectivity index (χ4v) is 2.93. The van der Waals surface area contributed by atoms with Crippen molar-refractivity contribution in [1.82, 2.24) is 15.4 Å². The highest BCUT2D eigenvalue weighted by Gasteiger charge is 2.32. The summed E-state index contributed by atoms with van der Waals surface area (Å²) in [6.45, 7) is 2.50. The van der Waals surface area contributed by atoms with Crippen LogP contribution in [0.3, 0.4) is 0 Å². The van der Waals surface area contributed by atoms with Gasteiger partial charge in [-0.05, 0) is 13.8 Å². The molecule has 0 aliphatic heterocycles. The van der Waals surface area contributed by atoms with Crippen molar-refractivity contribution in [3.63, 3.8) is 0 Å². The van der Waals surface area contributed by atoms with E-state index in [2.05, 4.69) is 30.5 Å². The molecule has 0 aliphatic rings. The summed E-state index contributed by atoms with van der Waals surface area (Å²) in [5.74, 6) is -2.92. The number of nitrogens with two attached hydrogens (primary N) is 2. The van der Waals surface area contributed by atoms with Crippen molar-refractivity contribution >= 4 is 68.5 Å². The molecule has 0 bridgehead atoms. The number of aromatic nitrogens is 2. The van der Waals surface area contributed by atoms with Crippen LogP contribution in [0.4, 0.5) is 16.1 Å². The van der Waals surface area contributed by atoms with E-state index in [1.807, 2.05) is 0 Å². The molecule has 0 radical (unpaired) electrons. The van der Waals surface area contributed by atoms with E-state index < -0.39 is 23.4 Å². The molecule has 166 valence electrons. The van der Waals surface area contributed by atoms with Gasteiger partial charge in [0.15, 0.2) is 22.2 Å². The second kappa shape index (κ2) is 9.92. The van der Waals surface area contributed by atoms with Gasteiger partial charge in [0, 0.05) is 5.38 Å². The van der Waals surface area contributed by atoms with Gasteiger partial charge in [-0.3, -0.25) is 4.79 Å². The maximum Gasteiger partial charge on any atom is 0.389 e. The van der Waals surface area contributed by atoms with Crippen molar-refractivity contribution in [2.24, 2.45) is 10.3 Å². The van der Waals surface area contributed by atoms with Gasteiger partial charge in [-0.2, -0.15) is 10.4 Å². The molecule has 1 atom stereocenters. The van der Waals surface area contributed by atoms with Crippen molar-refractivity contribution in [3.8, 4) is 0 Å². The highest BCUT2D eigenvalue weighted by atomic mass is 32.1. The molecule has 2 aromatic rings. The minimum absolute atomic E-state index is 0.0550.